The zero-order valence-electron chi connectivity index (χ0n) is 11.0. The molecule has 0 fully saturated rings. The molecule has 1 rings (SSSR count). The Kier molecular flexibility index (Phi) is 5.99. The van der Waals surface area contributed by atoms with Crippen LogP contribution in [0.4, 0.5) is 11.4 Å². The van der Waals surface area contributed by atoms with E-state index in [1.54, 1.807) is 18.2 Å². The molecule has 1 aromatic rings. The number of carbonyl (C=O) groups excluding carboxylic acids is 1. The Hall–Kier alpha value is -1.22. The molecular formula is C14H21ClN2O. The highest BCUT2D eigenvalue weighted by atomic mass is 35.5. The van der Waals surface area contributed by atoms with Gasteiger partial charge in [-0.15, -0.1) is 0 Å². The minimum Gasteiger partial charge on any atom is -0.398 e. The average molecular weight is 269 g/mol. The maximum Gasteiger partial charge on any atom is 0.227 e. The van der Waals surface area contributed by atoms with Gasteiger partial charge in [0.25, 0.3) is 0 Å². The van der Waals surface area contributed by atoms with Gasteiger partial charge in [-0.3, -0.25) is 4.79 Å². The largest absolute Gasteiger partial charge is 0.398 e. The lowest BCUT2D eigenvalue weighted by atomic mass is 9.98. The number of carbonyl (C=O) groups is 1. The predicted octanol–water partition coefficient (Wildman–Crippen LogP) is 4.08. The summed E-state index contributed by atoms with van der Waals surface area (Å²) in [5.41, 5.74) is 6.85. The van der Waals surface area contributed by atoms with E-state index in [0.29, 0.717) is 16.4 Å². The number of halogens is 1. The number of anilines is 2. The van der Waals surface area contributed by atoms with Gasteiger partial charge in [0.05, 0.1) is 10.7 Å². The Morgan fingerprint density at radius 2 is 2.17 bits per heavy atom. The van der Waals surface area contributed by atoms with Crippen molar-refractivity contribution in [3.05, 3.63) is 23.2 Å². The summed E-state index contributed by atoms with van der Waals surface area (Å²) in [7, 11) is 0. The van der Waals surface area contributed by atoms with Crippen molar-refractivity contribution in [3.8, 4) is 0 Å². The zero-order chi connectivity index (χ0) is 13.5. The van der Waals surface area contributed by atoms with E-state index in [1.165, 1.54) is 0 Å². The molecule has 1 unspecified atom stereocenters. The molecule has 1 aromatic carbocycles. The van der Waals surface area contributed by atoms with E-state index in [1.807, 2.05) is 6.92 Å². The maximum absolute atomic E-state index is 12.1. The number of rotatable bonds is 6. The standard InChI is InChI=1S/C14H21ClN2O/c1-3-5-6-10(4-2)14(18)17-11-7-8-13(16)12(15)9-11/h7-10H,3-6,16H2,1-2H3,(H,17,18). The maximum atomic E-state index is 12.1. The minimum absolute atomic E-state index is 0.0618. The normalized spacial score (nSPS) is 12.2. The van der Waals surface area contributed by atoms with Crippen LogP contribution < -0.4 is 11.1 Å². The summed E-state index contributed by atoms with van der Waals surface area (Å²) in [6, 6.07) is 5.15. The molecule has 4 heteroatoms. The van der Waals surface area contributed by atoms with Crippen LogP contribution >= 0.6 is 11.6 Å². The van der Waals surface area contributed by atoms with E-state index in [9.17, 15) is 4.79 Å². The molecular weight excluding hydrogens is 248 g/mol. The number of benzene rings is 1. The second kappa shape index (κ2) is 7.27. The third-order valence-electron chi connectivity index (χ3n) is 3.04. The number of nitrogen functional groups attached to an aromatic ring is 1. The van der Waals surface area contributed by atoms with Gasteiger partial charge in [0, 0.05) is 11.6 Å². The summed E-state index contributed by atoms with van der Waals surface area (Å²) in [5.74, 6) is 0.132. The number of unbranched alkanes of at least 4 members (excludes halogenated alkanes) is 1. The fraction of sp³-hybridized carbons (Fsp3) is 0.500. The highest BCUT2D eigenvalue weighted by Crippen LogP contribution is 2.23. The fourth-order valence-corrected chi connectivity index (χ4v) is 2.00. The van der Waals surface area contributed by atoms with E-state index in [0.717, 1.165) is 25.7 Å². The summed E-state index contributed by atoms with van der Waals surface area (Å²) in [4.78, 5) is 12.1. The third kappa shape index (κ3) is 4.22. The van der Waals surface area contributed by atoms with Crippen molar-refractivity contribution in [1.82, 2.24) is 0 Å². The topological polar surface area (TPSA) is 55.1 Å². The first-order valence-corrected chi connectivity index (χ1v) is 6.82. The number of nitrogens with two attached hydrogens (primary N) is 1. The Morgan fingerprint density at radius 3 is 2.72 bits per heavy atom. The van der Waals surface area contributed by atoms with E-state index in [-0.39, 0.29) is 11.8 Å². The molecule has 0 saturated heterocycles. The van der Waals surface area contributed by atoms with Crippen LogP contribution in [0.1, 0.15) is 39.5 Å². The number of nitrogens with one attached hydrogen (secondary N) is 1. The summed E-state index contributed by atoms with van der Waals surface area (Å²) in [5, 5.41) is 3.36. The van der Waals surface area contributed by atoms with Gasteiger partial charge in [-0.1, -0.05) is 38.3 Å². The van der Waals surface area contributed by atoms with Crippen molar-refractivity contribution in [2.24, 2.45) is 5.92 Å². The first-order valence-electron chi connectivity index (χ1n) is 6.44. The monoisotopic (exact) mass is 268 g/mol. The molecule has 0 heterocycles. The van der Waals surface area contributed by atoms with Gasteiger partial charge in [-0.25, -0.2) is 0 Å². The van der Waals surface area contributed by atoms with Gasteiger partial charge in [-0.05, 0) is 31.0 Å². The molecule has 0 aliphatic heterocycles. The molecule has 0 saturated carbocycles. The van der Waals surface area contributed by atoms with Crippen LogP contribution in [0.2, 0.25) is 5.02 Å². The Bertz CT molecular complexity index is 407. The van der Waals surface area contributed by atoms with E-state index in [2.05, 4.69) is 12.2 Å². The summed E-state index contributed by atoms with van der Waals surface area (Å²) in [6.07, 6.45) is 3.97. The molecule has 0 aliphatic carbocycles. The van der Waals surface area contributed by atoms with Gasteiger partial charge in [0.1, 0.15) is 0 Å². The smallest absolute Gasteiger partial charge is 0.227 e. The summed E-state index contributed by atoms with van der Waals surface area (Å²) in [6.45, 7) is 4.17. The first-order chi connectivity index (χ1) is 8.58. The van der Waals surface area contributed by atoms with E-state index < -0.39 is 0 Å². The lowest BCUT2D eigenvalue weighted by Crippen LogP contribution is -2.22. The van der Waals surface area contributed by atoms with Gasteiger partial charge >= 0.3 is 0 Å². The van der Waals surface area contributed by atoms with Crippen molar-refractivity contribution in [2.45, 2.75) is 39.5 Å². The molecule has 0 spiro atoms. The highest BCUT2D eigenvalue weighted by Gasteiger charge is 2.15. The SMILES string of the molecule is CCCCC(CC)C(=O)Nc1ccc(N)c(Cl)c1. The molecule has 1 amide bonds. The van der Waals surface area contributed by atoms with Crippen molar-refractivity contribution in [1.29, 1.82) is 0 Å². The molecule has 18 heavy (non-hydrogen) atoms. The van der Waals surface area contributed by atoms with Crippen LogP contribution in [-0.2, 0) is 4.79 Å². The minimum atomic E-state index is 0.0618. The Morgan fingerprint density at radius 1 is 1.44 bits per heavy atom. The Balaban J connectivity index is 2.64. The van der Waals surface area contributed by atoms with Crippen molar-refractivity contribution in [3.63, 3.8) is 0 Å². The molecule has 0 aromatic heterocycles. The second-order valence-electron chi connectivity index (χ2n) is 4.47. The van der Waals surface area contributed by atoms with E-state index >= 15 is 0 Å². The van der Waals surface area contributed by atoms with Crippen LogP contribution in [0.5, 0.6) is 0 Å². The number of hydrogen-bond donors (Lipinski definition) is 2. The second-order valence-corrected chi connectivity index (χ2v) is 4.88. The lowest BCUT2D eigenvalue weighted by molar-refractivity contribution is -0.120. The quantitative estimate of drug-likeness (QED) is 0.764. The molecule has 3 nitrogen and oxygen atoms in total. The van der Waals surface area contributed by atoms with Crippen molar-refractivity contribution in [2.75, 3.05) is 11.1 Å². The molecule has 3 N–H and O–H groups in total. The van der Waals surface area contributed by atoms with Crippen LogP contribution in [0, 0.1) is 5.92 Å². The fourth-order valence-electron chi connectivity index (χ4n) is 1.82. The third-order valence-corrected chi connectivity index (χ3v) is 3.37. The van der Waals surface area contributed by atoms with Crippen LogP contribution in [0.3, 0.4) is 0 Å². The molecule has 0 aliphatic rings. The highest BCUT2D eigenvalue weighted by molar-refractivity contribution is 6.33. The number of amides is 1. The summed E-state index contributed by atoms with van der Waals surface area (Å²) >= 11 is 5.92. The predicted molar refractivity (Wildman–Crippen MR) is 77.8 cm³/mol. The zero-order valence-corrected chi connectivity index (χ0v) is 11.8. The molecule has 0 bridgehead atoms. The summed E-state index contributed by atoms with van der Waals surface area (Å²) < 4.78 is 0. The average Bonchev–Trinajstić information content (AvgIpc) is 2.35. The van der Waals surface area contributed by atoms with Gasteiger partial charge in [0.15, 0.2) is 0 Å². The van der Waals surface area contributed by atoms with Gasteiger partial charge in [0.2, 0.25) is 5.91 Å². The van der Waals surface area contributed by atoms with E-state index in [4.69, 9.17) is 17.3 Å². The molecule has 1 atom stereocenters. The number of hydrogen-bond acceptors (Lipinski definition) is 2. The van der Waals surface area contributed by atoms with Crippen LogP contribution in [-0.4, -0.2) is 5.91 Å². The Labute approximate surface area is 114 Å². The van der Waals surface area contributed by atoms with Crippen molar-refractivity contribution >= 4 is 28.9 Å². The molecule has 0 radical (unpaired) electrons. The van der Waals surface area contributed by atoms with Crippen LogP contribution in [0.15, 0.2) is 18.2 Å². The van der Waals surface area contributed by atoms with Gasteiger partial charge in [-0.2, -0.15) is 0 Å². The van der Waals surface area contributed by atoms with Gasteiger partial charge < -0.3 is 11.1 Å². The molecule has 100 valence electrons. The lowest BCUT2D eigenvalue weighted by Gasteiger charge is -2.15. The van der Waals surface area contributed by atoms with Crippen molar-refractivity contribution < 1.29 is 4.79 Å². The van der Waals surface area contributed by atoms with Crippen LogP contribution in [0.25, 0.3) is 0 Å². The first kappa shape index (κ1) is 14.8.